The van der Waals surface area contributed by atoms with E-state index in [1.54, 1.807) is 0 Å². The van der Waals surface area contributed by atoms with Crippen molar-refractivity contribution in [2.75, 3.05) is 13.2 Å². The van der Waals surface area contributed by atoms with Crippen molar-refractivity contribution < 1.29 is 9.84 Å². The van der Waals surface area contributed by atoms with Crippen molar-refractivity contribution in [3.05, 3.63) is 35.4 Å². The molecule has 1 aliphatic heterocycles. The van der Waals surface area contributed by atoms with Crippen LogP contribution in [0.25, 0.3) is 0 Å². The molecule has 15 heavy (non-hydrogen) atoms. The van der Waals surface area contributed by atoms with E-state index < -0.39 is 5.85 Å². The molecule has 0 saturated carbocycles. The zero-order valence-corrected chi connectivity index (χ0v) is 8.18. The SMILES string of the molecule is NC1=NC(N)(OCCO)c2ccccc21. The van der Waals surface area contributed by atoms with Gasteiger partial charge in [0.25, 0.3) is 0 Å². The van der Waals surface area contributed by atoms with Gasteiger partial charge in [0.05, 0.1) is 13.2 Å². The van der Waals surface area contributed by atoms with Crippen molar-refractivity contribution >= 4 is 5.84 Å². The predicted molar refractivity (Wildman–Crippen MR) is 56.1 cm³/mol. The highest BCUT2D eigenvalue weighted by molar-refractivity contribution is 6.01. The van der Waals surface area contributed by atoms with Crippen LogP contribution in [0, 0.1) is 0 Å². The molecule has 2 rings (SSSR count). The maximum absolute atomic E-state index is 8.69. The van der Waals surface area contributed by atoms with Crippen LogP contribution in [-0.2, 0) is 10.6 Å². The topological polar surface area (TPSA) is 93.9 Å². The van der Waals surface area contributed by atoms with Gasteiger partial charge in [-0.25, -0.2) is 4.99 Å². The average Bonchev–Trinajstić information content (AvgIpc) is 2.50. The first-order valence-electron chi connectivity index (χ1n) is 4.66. The van der Waals surface area contributed by atoms with Gasteiger partial charge >= 0.3 is 0 Å². The second kappa shape index (κ2) is 3.62. The highest BCUT2D eigenvalue weighted by atomic mass is 16.5. The largest absolute Gasteiger partial charge is 0.394 e. The fourth-order valence-electron chi connectivity index (χ4n) is 1.63. The fourth-order valence-corrected chi connectivity index (χ4v) is 1.63. The van der Waals surface area contributed by atoms with Gasteiger partial charge in [0, 0.05) is 11.1 Å². The van der Waals surface area contributed by atoms with Gasteiger partial charge in [-0.1, -0.05) is 24.3 Å². The van der Waals surface area contributed by atoms with Crippen molar-refractivity contribution in [3.8, 4) is 0 Å². The molecule has 0 aromatic heterocycles. The van der Waals surface area contributed by atoms with E-state index in [0.29, 0.717) is 5.84 Å². The number of hydrogen-bond donors (Lipinski definition) is 3. The lowest BCUT2D eigenvalue weighted by Gasteiger charge is -2.21. The van der Waals surface area contributed by atoms with E-state index in [1.165, 1.54) is 0 Å². The Hall–Kier alpha value is -1.43. The Labute approximate surface area is 87.4 Å². The van der Waals surface area contributed by atoms with E-state index in [1.807, 2.05) is 24.3 Å². The van der Waals surface area contributed by atoms with Gasteiger partial charge in [0.2, 0.25) is 5.85 Å². The van der Waals surface area contributed by atoms with Gasteiger partial charge in [-0.15, -0.1) is 0 Å². The third kappa shape index (κ3) is 1.61. The molecule has 0 radical (unpaired) electrons. The van der Waals surface area contributed by atoms with E-state index in [0.717, 1.165) is 11.1 Å². The number of rotatable bonds is 3. The molecular weight excluding hydrogens is 194 g/mol. The van der Waals surface area contributed by atoms with Crippen LogP contribution in [0.1, 0.15) is 11.1 Å². The van der Waals surface area contributed by atoms with Crippen molar-refractivity contribution in [2.24, 2.45) is 16.5 Å². The first-order chi connectivity index (χ1) is 7.17. The lowest BCUT2D eigenvalue weighted by Crippen LogP contribution is -2.37. The van der Waals surface area contributed by atoms with Gasteiger partial charge < -0.3 is 15.6 Å². The molecule has 5 N–H and O–H groups in total. The molecule has 1 heterocycles. The summed E-state index contributed by atoms with van der Waals surface area (Å²) < 4.78 is 5.30. The van der Waals surface area contributed by atoms with Crippen molar-refractivity contribution in [1.82, 2.24) is 0 Å². The molecule has 1 aliphatic rings. The van der Waals surface area contributed by atoms with Crippen LogP contribution in [0.15, 0.2) is 29.3 Å². The lowest BCUT2D eigenvalue weighted by atomic mass is 10.1. The summed E-state index contributed by atoms with van der Waals surface area (Å²) in [6, 6.07) is 7.36. The Bertz CT molecular complexity index is 405. The van der Waals surface area contributed by atoms with Gasteiger partial charge in [-0.3, -0.25) is 5.73 Å². The average molecular weight is 207 g/mol. The molecule has 1 unspecified atom stereocenters. The number of benzene rings is 1. The van der Waals surface area contributed by atoms with E-state index in [9.17, 15) is 0 Å². The van der Waals surface area contributed by atoms with Crippen LogP contribution in [0.3, 0.4) is 0 Å². The third-order valence-corrected chi connectivity index (χ3v) is 2.29. The monoisotopic (exact) mass is 207 g/mol. The molecule has 0 saturated heterocycles. The summed E-state index contributed by atoms with van der Waals surface area (Å²) >= 11 is 0. The van der Waals surface area contributed by atoms with Gasteiger partial charge in [0.15, 0.2) is 0 Å². The molecule has 0 fully saturated rings. The summed E-state index contributed by atoms with van der Waals surface area (Å²) in [6.45, 7) is 0.0259. The molecule has 1 atom stereocenters. The first kappa shape index (κ1) is 10.1. The molecule has 0 aliphatic carbocycles. The Morgan fingerprint density at radius 2 is 2.13 bits per heavy atom. The fraction of sp³-hybridized carbons (Fsp3) is 0.300. The molecule has 80 valence electrons. The van der Waals surface area contributed by atoms with Crippen molar-refractivity contribution in [2.45, 2.75) is 5.85 Å². The summed E-state index contributed by atoms with van der Waals surface area (Å²) in [5.74, 6) is -0.880. The van der Waals surface area contributed by atoms with Gasteiger partial charge in [-0.05, 0) is 0 Å². The van der Waals surface area contributed by atoms with Crippen molar-refractivity contribution in [1.29, 1.82) is 0 Å². The first-order valence-corrected chi connectivity index (χ1v) is 4.66. The molecule has 1 aromatic carbocycles. The normalized spacial score (nSPS) is 23.7. The maximum Gasteiger partial charge on any atom is 0.243 e. The summed E-state index contributed by atoms with van der Waals surface area (Å²) in [5.41, 5.74) is 13.2. The summed E-state index contributed by atoms with van der Waals surface area (Å²) in [5, 5.41) is 8.69. The van der Waals surface area contributed by atoms with Crippen LogP contribution >= 0.6 is 0 Å². The number of fused-ring (bicyclic) bond motifs is 1. The van der Waals surface area contributed by atoms with Gasteiger partial charge in [-0.2, -0.15) is 0 Å². The highest BCUT2D eigenvalue weighted by Gasteiger charge is 2.36. The van der Waals surface area contributed by atoms with E-state index in [-0.39, 0.29) is 13.2 Å². The molecule has 0 amide bonds. The van der Waals surface area contributed by atoms with Crippen LogP contribution in [0.5, 0.6) is 0 Å². The van der Waals surface area contributed by atoms with Gasteiger partial charge in [0.1, 0.15) is 5.84 Å². The number of nitrogens with two attached hydrogens (primary N) is 2. The number of hydrogen-bond acceptors (Lipinski definition) is 5. The third-order valence-electron chi connectivity index (χ3n) is 2.29. The summed E-state index contributed by atoms with van der Waals surface area (Å²) in [4.78, 5) is 4.06. The van der Waals surface area contributed by atoms with Crippen molar-refractivity contribution in [3.63, 3.8) is 0 Å². The standard InChI is InChI=1S/C10H13N3O2/c11-9-7-3-1-2-4-8(7)10(12,13-9)15-6-5-14/h1-4,14H,5-6,12H2,(H2,11,13). The predicted octanol–water partition coefficient (Wildman–Crippen LogP) is -0.517. The number of aliphatic hydroxyl groups is 1. The minimum atomic E-state index is -1.25. The number of ether oxygens (including phenoxy) is 1. The molecule has 5 nitrogen and oxygen atoms in total. The molecule has 1 aromatic rings. The van der Waals surface area contributed by atoms with Crippen LogP contribution in [-0.4, -0.2) is 24.2 Å². The van der Waals surface area contributed by atoms with Crippen LogP contribution < -0.4 is 11.5 Å². The summed E-state index contributed by atoms with van der Waals surface area (Å²) in [6.07, 6.45) is 0. The zero-order chi connectivity index (χ0) is 10.9. The Kier molecular flexibility index (Phi) is 2.44. The maximum atomic E-state index is 8.69. The molecule has 0 bridgehead atoms. The highest BCUT2D eigenvalue weighted by Crippen LogP contribution is 2.30. The van der Waals surface area contributed by atoms with E-state index >= 15 is 0 Å². The van der Waals surface area contributed by atoms with E-state index in [2.05, 4.69) is 4.99 Å². The molecule has 5 heteroatoms. The minimum Gasteiger partial charge on any atom is -0.394 e. The lowest BCUT2D eigenvalue weighted by molar-refractivity contribution is -0.0507. The number of aliphatic hydroxyl groups excluding tert-OH is 1. The van der Waals surface area contributed by atoms with E-state index in [4.69, 9.17) is 21.3 Å². The molecular formula is C10H13N3O2. The number of amidine groups is 1. The quantitative estimate of drug-likeness (QED) is 0.581. The summed E-state index contributed by atoms with van der Waals surface area (Å²) in [7, 11) is 0. The Morgan fingerprint density at radius 3 is 2.87 bits per heavy atom. The number of aliphatic imine (C=N–C) groups is 1. The Morgan fingerprint density at radius 1 is 1.40 bits per heavy atom. The Balaban J connectivity index is 2.37. The number of nitrogens with zero attached hydrogens (tertiary/aromatic N) is 1. The smallest absolute Gasteiger partial charge is 0.243 e. The second-order valence-corrected chi connectivity index (χ2v) is 3.31. The van der Waals surface area contributed by atoms with Crippen LogP contribution in [0.2, 0.25) is 0 Å². The minimum absolute atomic E-state index is 0.101. The molecule has 0 spiro atoms. The second-order valence-electron chi connectivity index (χ2n) is 3.31. The zero-order valence-electron chi connectivity index (χ0n) is 8.18. The van der Waals surface area contributed by atoms with Crippen LogP contribution in [0.4, 0.5) is 0 Å².